The summed E-state index contributed by atoms with van der Waals surface area (Å²) in [5, 5.41) is 8.71. The number of thioether (sulfide) groups is 1. The summed E-state index contributed by atoms with van der Waals surface area (Å²) in [4.78, 5) is 24.6. The molecule has 322 valence electrons. The molecule has 0 aliphatic heterocycles. The van der Waals surface area contributed by atoms with Crippen molar-refractivity contribution in [3.63, 3.8) is 0 Å². The van der Waals surface area contributed by atoms with Crippen molar-refractivity contribution >= 4 is 23.6 Å². The lowest BCUT2D eigenvalue weighted by Gasteiger charge is -2.45. The molecule has 0 aliphatic rings. The molecule has 2 N–H and O–H groups in total. The van der Waals surface area contributed by atoms with Crippen LogP contribution in [-0.4, -0.2) is 131 Å². The Morgan fingerprint density at radius 2 is 0.870 bits per heavy atom. The number of hydrogen-bond acceptors (Lipinski definition) is 4. The lowest BCUT2D eigenvalue weighted by atomic mass is 9.84. The van der Waals surface area contributed by atoms with Crippen LogP contribution in [-0.2, 0) is 9.59 Å². The Bertz CT molecular complexity index is 1320. The van der Waals surface area contributed by atoms with E-state index in [0.29, 0.717) is 0 Å². The highest BCUT2D eigenvalue weighted by atomic mass is 32.2. The molecule has 0 fully saturated rings. The lowest BCUT2D eigenvalue weighted by molar-refractivity contribution is -0.482. The highest BCUT2D eigenvalue weighted by molar-refractivity contribution is 8.00. The fourth-order valence-corrected chi connectivity index (χ4v) is 4.73. The molecule has 1 amide bonds. The van der Waals surface area contributed by atoms with E-state index in [4.69, 9.17) is 5.11 Å². The first-order chi connectivity index (χ1) is 23.4. The Morgan fingerprint density at radius 1 is 0.556 bits per heavy atom. The van der Waals surface area contributed by atoms with Gasteiger partial charge in [-0.2, -0.15) is 110 Å². The Balaban J connectivity index is 6.78. The van der Waals surface area contributed by atoms with E-state index >= 15 is 0 Å². The molecule has 54 heavy (non-hydrogen) atoms. The van der Waals surface area contributed by atoms with Crippen LogP contribution < -0.4 is 5.32 Å². The first-order valence-corrected chi connectivity index (χ1v) is 14.4. The first-order valence-electron chi connectivity index (χ1n) is 13.3. The van der Waals surface area contributed by atoms with E-state index in [2.05, 4.69) is 0 Å². The third-order valence-electron chi connectivity index (χ3n) is 6.83. The minimum Gasteiger partial charge on any atom is -0.481 e. The SMILES string of the molecule is CN(C)CCCNC(=O)C(CC(=O)O)SCCC(F)(F)C(F)(F)C(F)(F)C(F)(F)C(F)(F)C(F)(F)C(F)(F)C(F)(F)C(F)(F)C(F)(F)C(F)(F)C(F)(F)F. The number of halogens is 25. The van der Waals surface area contributed by atoms with Gasteiger partial charge in [0.05, 0.1) is 11.7 Å². The fraction of sp³-hybridized carbons (Fsp3) is 0.913. The van der Waals surface area contributed by atoms with E-state index in [1.807, 2.05) is 5.32 Å². The standard InChI is InChI=1S/C23H21F25N2O3S/c1-50(2)6-3-5-49-11(53)9(8-10(51)52)54-7-4-12(24,25)13(26,27)14(28,29)15(30,31)16(32,33)17(34,35)18(36,37)19(38,39)20(40,41)21(42,43)22(44,45)23(46,47)48/h9H,3-8H2,1-2H3,(H,49,53)(H,51,52). The van der Waals surface area contributed by atoms with Crippen LogP contribution in [0.1, 0.15) is 19.3 Å². The van der Waals surface area contributed by atoms with Crippen molar-refractivity contribution in [3.05, 3.63) is 0 Å². The van der Waals surface area contributed by atoms with Crippen molar-refractivity contribution in [3.8, 4) is 0 Å². The zero-order chi connectivity index (χ0) is 44.0. The normalized spacial score (nSPS) is 16.1. The van der Waals surface area contributed by atoms with Crippen molar-refractivity contribution < 1.29 is 124 Å². The van der Waals surface area contributed by atoms with E-state index in [1.165, 1.54) is 14.1 Å². The summed E-state index contributed by atoms with van der Waals surface area (Å²) in [5.74, 6) is -105. The van der Waals surface area contributed by atoms with Gasteiger partial charge in [0.1, 0.15) is 0 Å². The number of amides is 1. The summed E-state index contributed by atoms with van der Waals surface area (Å²) in [5.41, 5.74) is 0. The largest absolute Gasteiger partial charge is 0.481 e. The molecule has 31 heteroatoms. The van der Waals surface area contributed by atoms with Crippen molar-refractivity contribution in [1.82, 2.24) is 10.2 Å². The van der Waals surface area contributed by atoms with Crippen LogP contribution in [0.2, 0.25) is 0 Å². The molecular formula is C23H21F25N2O3S. The number of rotatable bonds is 21. The first kappa shape index (κ1) is 51.5. The van der Waals surface area contributed by atoms with Gasteiger partial charge in [-0.25, -0.2) is 0 Å². The van der Waals surface area contributed by atoms with Gasteiger partial charge in [-0.3, -0.25) is 9.59 Å². The zero-order valence-corrected chi connectivity index (χ0v) is 26.7. The topological polar surface area (TPSA) is 69.6 Å². The monoisotopic (exact) mass is 880 g/mol. The van der Waals surface area contributed by atoms with Crippen molar-refractivity contribution in [2.75, 3.05) is 32.9 Å². The number of nitrogens with one attached hydrogen (secondary N) is 1. The predicted octanol–water partition coefficient (Wildman–Crippen LogP) is 8.57. The summed E-state index contributed by atoms with van der Waals surface area (Å²) in [6, 6.07) is 0. The van der Waals surface area contributed by atoms with Crippen LogP contribution in [0.25, 0.3) is 0 Å². The van der Waals surface area contributed by atoms with Gasteiger partial charge >= 0.3 is 77.3 Å². The van der Waals surface area contributed by atoms with E-state index in [0.717, 1.165) is 0 Å². The Morgan fingerprint density at radius 3 is 1.17 bits per heavy atom. The van der Waals surface area contributed by atoms with Crippen LogP contribution in [0, 0.1) is 0 Å². The molecule has 0 heterocycles. The number of carbonyl (C=O) groups excluding carboxylic acids is 1. The molecule has 0 rings (SSSR count). The zero-order valence-electron chi connectivity index (χ0n) is 25.9. The van der Waals surface area contributed by atoms with Gasteiger partial charge in [-0.05, 0) is 27.1 Å². The number of carboxylic acid groups (broad SMARTS) is 1. The lowest BCUT2D eigenvalue weighted by Crippen LogP contribution is -2.78. The van der Waals surface area contributed by atoms with Gasteiger partial charge in [-0.1, -0.05) is 0 Å². The number of alkyl halides is 25. The summed E-state index contributed by atoms with van der Waals surface area (Å²) in [6.45, 7) is -0.0291. The third-order valence-corrected chi connectivity index (χ3v) is 8.06. The Hall–Kier alpha value is -2.50. The van der Waals surface area contributed by atoms with Crippen molar-refractivity contribution in [2.24, 2.45) is 0 Å². The predicted molar refractivity (Wildman–Crippen MR) is 130 cm³/mol. The summed E-state index contributed by atoms with van der Waals surface area (Å²) < 4.78 is 340. The average molecular weight is 880 g/mol. The number of carbonyl (C=O) groups is 2. The maximum Gasteiger partial charge on any atom is 0.460 e. The second kappa shape index (κ2) is 15.4. The van der Waals surface area contributed by atoms with Crippen LogP contribution in [0.4, 0.5) is 110 Å². The average Bonchev–Trinajstić information content (AvgIpc) is 2.96. The molecule has 0 saturated carbocycles. The van der Waals surface area contributed by atoms with E-state index in [1.54, 1.807) is 4.90 Å². The van der Waals surface area contributed by atoms with E-state index in [-0.39, 0.29) is 19.5 Å². The van der Waals surface area contributed by atoms with E-state index < -0.39 is 119 Å². The molecule has 1 unspecified atom stereocenters. The smallest absolute Gasteiger partial charge is 0.460 e. The molecule has 0 aromatic carbocycles. The summed E-state index contributed by atoms with van der Waals surface area (Å²) >= 11 is -0.449. The second-order valence-electron chi connectivity index (χ2n) is 11.1. The van der Waals surface area contributed by atoms with Crippen LogP contribution in [0.3, 0.4) is 0 Å². The molecule has 5 nitrogen and oxygen atoms in total. The number of hydrogen-bond donors (Lipinski definition) is 2. The highest BCUT2D eigenvalue weighted by Gasteiger charge is 2.99. The number of carboxylic acids is 1. The van der Waals surface area contributed by atoms with Gasteiger partial charge in [0.2, 0.25) is 5.91 Å². The third kappa shape index (κ3) is 8.29. The molecule has 1 atom stereocenters. The van der Waals surface area contributed by atoms with Crippen LogP contribution in [0.5, 0.6) is 0 Å². The maximum absolute atomic E-state index is 14.2. The molecule has 0 aromatic heterocycles. The van der Waals surface area contributed by atoms with Crippen LogP contribution in [0.15, 0.2) is 0 Å². The van der Waals surface area contributed by atoms with Gasteiger partial charge < -0.3 is 15.3 Å². The molecule has 0 bridgehead atoms. The Kier molecular flexibility index (Phi) is 14.7. The minimum atomic E-state index is -9.67. The fourth-order valence-electron chi connectivity index (χ4n) is 3.58. The number of aliphatic carboxylic acids is 1. The highest BCUT2D eigenvalue weighted by Crippen LogP contribution is 2.68. The molecular weight excluding hydrogens is 859 g/mol. The van der Waals surface area contributed by atoms with E-state index in [9.17, 15) is 119 Å². The number of nitrogens with zero attached hydrogens (tertiary/aromatic N) is 1. The maximum atomic E-state index is 14.2. The molecule has 0 spiro atoms. The quantitative estimate of drug-likeness (QED) is 0.0894. The summed E-state index contributed by atoms with van der Waals surface area (Å²) in [7, 11) is 3.06. The van der Waals surface area contributed by atoms with Crippen molar-refractivity contribution in [1.29, 1.82) is 0 Å². The molecule has 0 saturated heterocycles. The van der Waals surface area contributed by atoms with Gasteiger partial charge in [0.15, 0.2) is 0 Å². The molecule has 0 aromatic rings. The summed E-state index contributed by atoms with van der Waals surface area (Å²) in [6.07, 6.45) is -12.5. The van der Waals surface area contributed by atoms with Crippen molar-refractivity contribution in [2.45, 2.75) is 95.8 Å². The van der Waals surface area contributed by atoms with Gasteiger partial charge in [0.25, 0.3) is 0 Å². The Labute approximate surface area is 287 Å². The van der Waals surface area contributed by atoms with Crippen LogP contribution >= 0.6 is 11.8 Å². The second-order valence-corrected chi connectivity index (χ2v) is 12.4. The van der Waals surface area contributed by atoms with Gasteiger partial charge in [-0.15, -0.1) is 11.8 Å². The minimum absolute atomic E-state index is 0.118. The molecule has 0 radical (unpaired) electrons. The molecule has 0 aliphatic carbocycles. The van der Waals surface area contributed by atoms with Gasteiger partial charge in [0, 0.05) is 18.7 Å².